The average Bonchev–Trinajstić information content (AvgIpc) is 3.16. The number of halogens is 1. The summed E-state index contributed by atoms with van der Waals surface area (Å²) in [6.07, 6.45) is 0.367. The Kier molecular flexibility index (Phi) is 6.39. The minimum absolute atomic E-state index is 0.112. The lowest BCUT2D eigenvalue weighted by Crippen LogP contribution is -2.16. The lowest BCUT2D eigenvalue weighted by Gasteiger charge is -2.09. The van der Waals surface area contributed by atoms with Gasteiger partial charge in [-0.2, -0.15) is 4.98 Å². The Hall–Kier alpha value is -3.19. The maximum absolute atomic E-state index is 12.3. The van der Waals surface area contributed by atoms with E-state index < -0.39 is 5.97 Å². The lowest BCUT2D eigenvalue weighted by atomic mass is 10.1. The van der Waals surface area contributed by atoms with E-state index in [0.29, 0.717) is 33.6 Å². The van der Waals surface area contributed by atoms with Crippen molar-refractivity contribution in [2.45, 2.75) is 19.8 Å². The number of carbonyl (C=O) groups excluding carboxylic acids is 2. The van der Waals surface area contributed by atoms with Gasteiger partial charge in [-0.3, -0.25) is 4.79 Å². The van der Waals surface area contributed by atoms with Crippen LogP contribution < -0.4 is 5.32 Å². The first-order valence-corrected chi connectivity index (χ1v) is 9.09. The molecule has 1 heterocycles. The summed E-state index contributed by atoms with van der Waals surface area (Å²) >= 11 is 6.13. The number of hydrogen-bond acceptors (Lipinski definition) is 6. The molecule has 2 aromatic carbocycles. The van der Waals surface area contributed by atoms with Crippen molar-refractivity contribution in [3.63, 3.8) is 0 Å². The highest BCUT2D eigenvalue weighted by molar-refractivity contribution is 6.33. The molecule has 1 N–H and O–H groups in total. The molecular formula is C20H18ClN3O4. The highest BCUT2D eigenvalue weighted by atomic mass is 35.5. The molecule has 0 atom stereocenters. The summed E-state index contributed by atoms with van der Waals surface area (Å²) in [5.74, 6) is -0.0775. The summed E-state index contributed by atoms with van der Waals surface area (Å²) in [5.41, 5.74) is 1.36. The van der Waals surface area contributed by atoms with Gasteiger partial charge in [-0.15, -0.1) is 0 Å². The van der Waals surface area contributed by atoms with Crippen LogP contribution in [-0.4, -0.2) is 28.6 Å². The SMILES string of the molecule is CCOC(=O)c1ccccc1NC(=O)CCc1nc(-c2ccccc2Cl)no1. The molecule has 3 aromatic rings. The van der Waals surface area contributed by atoms with E-state index in [1.165, 1.54) is 0 Å². The summed E-state index contributed by atoms with van der Waals surface area (Å²) in [7, 11) is 0. The molecule has 28 heavy (non-hydrogen) atoms. The van der Waals surface area contributed by atoms with E-state index in [0.717, 1.165) is 0 Å². The summed E-state index contributed by atoms with van der Waals surface area (Å²) < 4.78 is 10.2. The van der Waals surface area contributed by atoms with Crippen LogP contribution in [0.2, 0.25) is 5.02 Å². The molecule has 0 aliphatic carbocycles. The third kappa shape index (κ3) is 4.75. The van der Waals surface area contributed by atoms with Gasteiger partial charge in [-0.05, 0) is 31.2 Å². The molecular weight excluding hydrogens is 382 g/mol. The smallest absolute Gasteiger partial charge is 0.340 e. The zero-order valence-corrected chi connectivity index (χ0v) is 15.9. The third-order valence-electron chi connectivity index (χ3n) is 3.85. The van der Waals surface area contributed by atoms with Crippen molar-refractivity contribution in [3.8, 4) is 11.4 Å². The first kappa shape index (κ1) is 19.6. The van der Waals surface area contributed by atoms with E-state index in [2.05, 4.69) is 15.5 Å². The highest BCUT2D eigenvalue weighted by Crippen LogP contribution is 2.25. The van der Waals surface area contributed by atoms with Gasteiger partial charge in [0.15, 0.2) is 0 Å². The Morgan fingerprint density at radius 3 is 2.68 bits per heavy atom. The Balaban J connectivity index is 1.62. The van der Waals surface area contributed by atoms with Gasteiger partial charge in [0.1, 0.15) is 0 Å². The molecule has 0 saturated carbocycles. The van der Waals surface area contributed by atoms with Crippen LogP contribution in [0.25, 0.3) is 11.4 Å². The maximum atomic E-state index is 12.3. The highest BCUT2D eigenvalue weighted by Gasteiger charge is 2.16. The number of carbonyl (C=O) groups is 2. The quantitative estimate of drug-likeness (QED) is 0.600. The summed E-state index contributed by atoms with van der Waals surface area (Å²) in [6, 6.07) is 13.8. The van der Waals surface area contributed by atoms with Crippen molar-refractivity contribution in [1.82, 2.24) is 10.1 Å². The maximum Gasteiger partial charge on any atom is 0.340 e. The van der Waals surface area contributed by atoms with Crippen LogP contribution in [0, 0.1) is 0 Å². The lowest BCUT2D eigenvalue weighted by molar-refractivity contribution is -0.116. The van der Waals surface area contributed by atoms with Crippen LogP contribution in [0.5, 0.6) is 0 Å². The Morgan fingerprint density at radius 2 is 1.89 bits per heavy atom. The fourth-order valence-electron chi connectivity index (χ4n) is 2.52. The van der Waals surface area contributed by atoms with Crippen LogP contribution in [0.4, 0.5) is 5.69 Å². The van der Waals surface area contributed by atoms with Crippen LogP contribution in [0.1, 0.15) is 29.6 Å². The van der Waals surface area contributed by atoms with Crippen LogP contribution in [0.3, 0.4) is 0 Å². The Labute approximate surface area is 166 Å². The van der Waals surface area contributed by atoms with Gasteiger partial charge in [-0.25, -0.2) is 4.79 Å². The number of benzene rings is 2. The number of ether oxygens (including phenoxy) is 1. The summed E-state index contributed by atoms with van der Waals surface area (Å²) in [6.45, 7) is 1.98. The molecule has 8 heteroatoms. The molecule has 0 spiro atoms. The summed E-state index contributed by atoms with van der Waals surface area (Å²) in [5, 5.41) is 7.14. The molecule has 1 amide bonds. The molecule has 0 radical (unpaired) electrons. The first-order valence-electron chi connectivity index (χ1n) is 8.72. The number of aryl methyl sites for hydroxylation is 1. The topological polar surface area (TPSA) is 94.3 Å². The zero-order valence-electron chi connectivity index (χ0n) is 15.1. The van der Waals surface area contributed by atoms with Gasteiger partial charge in [0, 0.05) is 18.4 Å². The normalized spacial score (nSPS) is 10.5. The van der Waals surface area contributed by atoms with Gasteiger partial charge in [0.25, 0.3) is 0 Å². The molecule has 0 bridgehead atoms. The fourth-order valence-corrected chi connectivity index (χ4v) is 2.74. The van der Waals surface area contributed by atoms with Crippen molar-refractivity contribution in [3.05, 3.63) is 65.0 Å². The van der Waals surface area contributed by atoms with E-state index in [-0.39, 0.29) is 25.4 Å². The molecule has 1 aromatic heterocycles. The zero-order chi connectivity index (χ0) is 19.9. The van der Waals surface area contributed by atoms with Crippen LogP contribution in [-0.2, 0) is 16.0 Å². The monoisotopic (exact) mass is 399 g/mol. The van der Waals surface area contributed by atoms with E-state index in [4.69, 9.17) is 20.9 Å². The standard InChI is InChI=1S/C20H18ClN3O4/c1-2-27-20(26)14-8-4-6-10-16(14)22-17(25)11-12-18-23-19(24-28-18)13-7-3-5-9-15(13)21/h3-10H,2,11-12H2,1H3,(H,22,25). The van der Waals surface area contributed by atoms with Gasteiger partial charge in [0.05, 0.1) is 22.9 Å². The summed E-state index contributed by atoms with van der Waals surface area (Å²) in [4.78, 5) is 28.5. The fraction of sp³-hybridized carbons (Fsp3) is 0.200. The molecule has 0 aliphatic rings. The molecule has 144 valence electrons. The Morgan fingerprint density at radius 1 is 1.14 bits per heavy atom. The number of rotatable bonds is 7. The number of anilines is 1. The average molecular weight is 400 g/mol. The second-order valence-corrected chi connectivity index (χ2v) is 6.21. The number of aromatic nitrogens is 2. The largest absolute Gasteiger partial charge is 0.462 e. The number of hydrogen-bond donors (Lipinski definition) is 1. The predicted octanol–water partition coefficient (Wildman–Crippen LogP) is 4.14. The second kappa shape index (κ2) is 9.14. The van der Waals surface area contributed by atoms with Gasteiger partial charge >= 0.3 is 5.97 Å². The van der Waals surface area contributed by atoms with E-state index in [1.54, 1.807) is 43.3 Å². The van der Waals surface area contributed by atoms with Crippen LogP contribution in [0.15, 0.2) is 53.1 Å². The van der Waals surface area contributed by atoms with Crippen LogP contribution >= 0.6 is 11.6 Å². The van der Waals surface area contributed by atoms with Crippen molar-refractivity contribution in [2.75, 3.05) is 11.9 Å². The molecule has 0 aliphatic heterocycles. The van der Waals surface area contributed by atoms with Crippen molar-refractivity contribution >= 4 is 29.2 Å². The minimum atomic E-state index is -0.486. The number of nitrogens with one attached hydrogen (secondary N) is 1. The minimum Gasteiger partial charge on any atom is -0.462 e. The predicted molar refractivity (Wildman–Crippen MR) is 104 cm³/mol. The van der Waals surface area contributed by atoms with Gasteiger partial charge in [0.2, 0.25) is 17.6 Å². The molecule has 7 nitrogen and oxygen atoms in total. The van der Waals surface area contributed by atoms with Gasteiger partial charge in [-0.1, -0.05) is 41.0 Å². The number of amides is 1. The molecule has 0 fully saturated rings. The molecule has 0 unspecified atom stereocenters. The number of para-hydroxylation sites is 1. The Bertz CT molecular complexity index is 987. The molecule has 3 rings (SSSR count). The number of nitrogens with zero attached hydrogens (tertiary/aromatic N) is 2. The molecule has 0 saturated heterocycles. The third-order valence-corrected chi connectivity index (χ3v) is 4.17. The van der Waals surface area contributed by atoms with E-state index in [9.17, 15) is 9.59 Å². The van der Waals surface area contributed by atoms with E-state index in [1.807, 2.05) is 12.1 Å². The number of esters is 1. The second-order valence-electron chi connectivity index (χ2n) is 5.81. The van der Waals surface area contributed by atoms with Crippen molar-refractivity contribution in [2.24, 2.45) is 0 Å². The van der Waals surface area contributed by atoms with Crippen molar-refractivity contribution < 1.29 is 18.8 Å². The van der Waals surface area contributed by atoms with E-state index >= 15 is 0 Å². The van der Waals surface area contributed by atoms with Crippen molar-refractivity contribution in [1.29, 1.82) is 0 Å². The first-order chi connectivity index (χ1) is 13.6. The van der Waals surface area contributed by atoms with Gasteiger partial charge < -0.3 is 14.6 Å².